The summed E-state index contributed by atoms with van der Waals surface area (Å²) >= 11 is 6.04. The number of hydrogen-bond acceptors (Lipinski definition) is 7. The minimum Gasteiger partial charge on any atom is -0.459 e. The number of rotatable bonds is 9. The van der Waals surface area contributed by atoms with Crippen LogP contribution in [0.15, 0.2) is 71.3 Å². The van der Waals surface area contributed by atoms with E-state index in [1.165, 1.54) is 24.5 Å². The maximum absolute atomic E-state index is 12.9. The molecular formula is C22H18ClN3O7. The molecule has 2 N–H and O–H groups in total. The summed E-state index contributed by atoms with van der Waals surface area (Å²) in [5, 5.41) is 15.9. The van der Waals surface area contributed by atoms with E-state index in [1.807, 2.05) is 0 Å². The summed E-state index contributed by atoms with van der Waals surface area (Å²) in [6, 6.07) is 14.9. The van der Waals surface area contributed by atoms with Crippen molar-refractivity contribution in [2.45, 2.75) is 12.5 Å². The van der Waals surface area contributed by atoms with Crippen LogP contribution in [0.25, 0.3) is 0 Å². The van der Waals surface area contributed by atoms with Crippen molar-refractivity contribution in [3.8, 4) is 0 Å². The fourth-order valence-corrected chi connectivity index (χ4v) is 3.00. The van der Waals surface area contributed by atoms with Gasteiger partial charge < -0.3 is 19.8 Å². The summed E-state index contributed by atoms with van der Waals surface area (Å²) in [5.74, 6) is -1.82. The van der Waals surface area contributed by atoms with Crippen molar-refractivity contribution in [2.75, 3.05) is 11.9 Å². The van der Waals surface area contributed by atoms with Crippen molar-refractivity contribution in [3.05, 3.63) is 93.4 Å². The molecule has 11 heteroatoms. The number of carbonyl (C=O) groups is 3. The van der Waals surface area contributed by atoms with E-state index in [0.717, 1.165) is 6.07 Å². The van der Waals surface area contributed by atoms with Crippen LogP contribution in [-0.2, 0) is 14.3 Å². The molecule has 0 aliphatic rings. The fourth-order valence-electron chi connectivity index (χ4n) is 2.78. The summed E-state index contributed by atoms with van der Waals surface area (Å²) in [7, 11) is 0. The highest BCUT2D eigenvalue weighted by atomic mass is 35.5. The molecule has 1 unspecified atom stereocenters. The van der Waals surface area contributed by atoms with Crippen molar-refractivity contribution in [3.63, 3.8) is 0 Å². The van der Waals surface area contributed by atoms with Gasteiger partial charge in [-0.2, -0.15) is 0 Å². The smallest absolute Gasteiger partial charge is 0.308 e. The molecule has 0 saturated heterocycles. The number of ether oxygens (including phenoxy) is 1. The molecule has 3 aromatic rings. The number of halogens is 1. The number of benzene rings is 2. The third-order valence-electron chi connectivity index (χ3n) is 4.37. The Labute approximate surface area is 192 Å². The van der Waals surface area contributed by atoms with Gasteiger partial charge in [0.2, 0.25) is 6.10 Å². The molecule has 0 spiro atoms. The lowest BCUT2D eigenvalue weighted by Gasteiger charge is -2.18. The molecule has 1 heterocycles. The Morgan fingerprint density at radius 3 is 2.48 bits per heavy atom. The molecule has 0 saturated carbocycles. The highest BCUT2D eigenvalue weighted by Gasteiger charge is 2.26. The van der Waals surface area contributed by atoms with Gasteiger partial charge in [-0.25, -0.2) is 0 Å². The summed E-state index contributed by atoms with van der Waals surface area (Å²) in [4.78, 5) is 47.4. The zero-order valence-corrected chi connectivity index (χ0v) is 17.8. The first kappa shape index (κ1) is 23.5. The van der Waals surface area contributed by atoms with Crippen LogP contribution in [0.4, 0.5) is 11.4 Å². The first-order valence-corrected chi connectivity index (χ1v) is 10.0. The average Bonchev–Trinajstić information content (AvgIpc) is 3.34. The third kappa shape index (κ3) is 6.40. The number of nitro benzene ring substituents is 1. The SMILES string of the molecule is O=C(CCNC(=O)c1ccco1)OC(C(=O)Nc1ccc([N+](=O)[O-])cc1Cl)c1ccccc1. The van der Waals surface area contributed by atoms with Crippen LogP contribution in [0.5, 0.6) is 0 Å². The van der Waals surface area contributed by atoms with E-state index in [4.69, 9.17) is 20.8 Å². The van der Waals surface area contributed by atoms with Crippen LogP contribution in [0.1, 0.15) is 28.6 Å². The monoisotopic (exact) mass is 471 g/mol. The molecule has 2 aromatic carbocycles. The molecule has 2 amide bonds. The van der Waals surface area contributed by atoms with E-state index >= 15 is 0 Å². The molecule has 0 fully saturated rings. The Morgan fingerprint density at radius 2 is 1.85 bits per heavy atom. The predicted molar refractivity (Wildman–Crippen MR) is 118 cm³/mol. The van der Waals surface area contributed by atoms with Gasteiger partial charge in [0.05, 0.1) is 28.3 Å². The molecular weight excluding hydrogens is 454 g/mol. The average molecular weight is 472 g/mol. The molecule has 3 rings (SSSR count). The minimum atomic E-state index is -1.31. The van der Waals surface area contributed by atoms with Crippen LogP contribution in [0.3, 0.4) is 0 Å². The number of anilines is 1. The summed E-state index contributed by atoms with van der Waals surface area (Å²) in [5.41, 5.74) is 0.289. The summed E-state index contributed by atoms with van der Waals surface area (Å²) in [6.45, 7) is -0.0321. The van der Waals surface area contributed by atoms with Gasteiger partial charge in [-0.3, -0.25) is 24.5 Å². The Morgan fingerprint density at radius 1 is 1.09 bits per heavy atom. The van der Waals surface area contributed by atoms with Gasteiger partial charge in [-0.05, 0) is 18.2 Å². The molecule has 0 radical (unpaired) electrons. The standard InChI is InChI=1S/C22H18ClN3O7/c23-16-13-15(26(30)31)8-9-17(16)25-22(29)20(14-5-2-1-3-6-14)33-19(27)10-11-24-21(28)18-7-4-12-32-18/h1-9,12-13,20H,10-11H2,(H,24,28)(H,25,29). The third-order valence-corrected chi connectivity index (χ3v) is 4.68. The van der Waals surface area contributed by atoms with Crippen molar-refractivity contribution in [2.24, 2.45) is 0 Å². The second-order valence-corrected chi connectivity index (χ2v) is 7.08. The van der Waals surface area contributed by atoms with Gasteiger partial charge in [0.15, 0.2) is 5.76 Å². The van der Waals surface area contributed by atoms with Crippen molar-refractivity contribution < 1.29 is 28.5 Å². The first-order chi connectivity index (χ1) is 15.8. The second kappa shape index (κ2) is 10.9. The lowest BCUT2D eigenvalue weighted by molar-refractivity contribution is -0.384. The molecule has 0 aliphatic carbocycles. The van der Waals surface area contributed by atoms with Crippen LogP contribution in [0.2, 0.25) is 5.02 Å². The van der Waals surface area contributed by atoms with Gasteiger partial charge in [-0.1, -0.05) is 41.9 Å². The van der Waals surface area contributed by atoms with E-state index in [1.54, 1.807) is 36.4 Å². The van der Waals surface area contributed by atoms with E-state index in [0.29, 0.717) is 5.56 Å². The number of nitrogens with one attached hydrogen (secondary N) is 2. The number of non-ortho nitro benzene ring substituents is 1. The van der Waals surface area contributed by atoms with Crippen LogP contribution in [0, 0.1) is 10.1 Å². The predicted octanol–water partition coefficient (Wildman–Crippen LogP) is 3.88. The Bertz CT molecular complexity index is 1150. The van der Waals surface area contributed by atoms with Crippen molar-refractivity contribution in [1.29, 1.82) is 0 Å². The van der Waals surface area contributed by atoms with Gasteiger partial charge in [0.25, 0.3) is 17.5 Å². The normalized spacial score (nSPS) is 11.3. The summed E-state index contributed by atoms with van der Waals surface area (Å²) in [6.07, 6.45) is -0.157. The highest BCUT2D eigenvalue weighted by Crippen LogP contribution is 2.28. The van der Waals surface area contributed by atoms with E-state index in [-0.39, 0.29) is 35.1 Å². The molecule has 0 bridgehead atoms. The molecule has 1 aromatic heterocycles. The molecule has 0 aliphatic heterocycles. The van der Waals surface area contributed by atoms with Gasteiger partial charge >= 0.3 is 5.97 Å². The number of hydrogen-bond donors (Lipinski definition) is 2. The minimum absolute atomic E-state index is 0.0321. The van der Waals surface area contributed by atoms with Crippen molar-refractivity contribution >= 4 is 40.8 Å². The van der Waals surface area contributed by atoms with Gasteiger partial charge in [0.1, 0.15) is 0 Å². The number of nitro groups is 1. The van der Waals surface area contributed by atoms with E-state index in [2.05, 4.69) is 10.6 Å². The largest absolute Gasteiger partial charge is 0.459 e. The summed E-state index contributed by atoms with van der Waals surface area (Å²) < 4.78 is 10.3. The number of nitrogens with zero attached hydrogens (tertiary/aromatic N) is 1. The molecule has 33 heavy (non-hydrogen) atoms. The fraction of sp³-hybridized carbons (Fsp3) is 0.136. The number of carbonyl (C=O) groups excluding carboxylic acids is 3. The van der Waals surface area contributed by atoms with E-state index < -0.39 is 28.8 Å². The number of amides is 2. The van der Waals surface area contributed by atoms with Crippen LogP contribution < -0.4 is 10.6 Å². The quantitative estimate of drug-likeness (QED) is 0.274. The topological polar surface area (TPSA) is 141 Å². The maximum atomic E-state index is 12.9. The number of furan rings is 1. The molecule has 170 valence electrons. The van der Waals surface area contributed by atoms with Gasteiger partial charge in [-0.15, -0.1) is 0 Å². The highest BCUT2D eigenvalue weighted by molar-refractivity contribution is 6.34. The lowest BCUT2D eigenvalue weighted by Crippen LogP contribution is -2.29. The van der Waals surface area contributed by atoms with Gasteiger partial charge in [0, 0.05) is 24.2 Å². The second-order valence-electron chi connectivity index (χ2n) is 6.67. The van der Waals surface area contributed by atoms with Crippen LogP contribution >= 0.6 is 11.6 Å². The number of esters is 1. The molecule has 1 atom stereocenters. The zero-order chi connectivity index (χ0) is 23.8. The van der Waals surface area contributed by atoms with E-state index in [9.17, 15) is 24.5 Å². The Kier molecular flexibility index (Phi) is 7.77. The Balaban J connectivity index is 1.66. The zero-order valence-electron chi connectivity index (χ0n) is 17.0. The Hall–Kier alpha value is -4.18. The van der Waals surface area contributed by atoms with Crippen molar-refractivity contribution in [1.82, 2.24) is 5.32 Å². The molecule has 10 nitrogen and oxygen atoms in total. The lowest BCUT2D eigenvalue weighted by atomic mass is 10.1. The maximum Gasteiger partial charge on any atom is 0.308 e. The van der Waals surface area contributed by atoms with Crippen LogP contribution in [-0.4, -0.2) is 29.3 Å². The first-order valence-electron chi connectivity index (χ1n) is 9.66.